The predicted octanol–water partition coefficient (Wildman–Crippen LogP) is 1.86. The summed E-state index contributed by atoms with van der Waals surface area (Å²) in [6.07, 6.45) is 1.44. The van der Waals surface area contributed by atoms with Gasteiger partial charge in [-0.2, -0.15) is 0 Å². The Kier molecular flexibility index (Phi) is 6.77. The van der Waals surface area contributed by atoms with Crippen molar-refractivity contribution in [1.82, 2.24) is 4.90 Å². The fourth-order valence-corrected chi connectivity index (χ4v) is 2.22. The van der Waals surface area contributed by atoms with E-state index >= 15 is 0 Å². The molecule has 0 bridgehead atoms. The van der Waals surface area contributed by atoms with E-state index in [0.29, 0.717) is 12.2 Å². The van der Waals surface area contributed by atoms with Gasteiger partial charge in [0.25, 0.3) is 5.91 Å². The standard InChI is InChI=1S/C17H23N3O3/c1-14(21)16(17(22)19-15-5-3-2-4-6-15)13-18-7-8-20-9-11-23-12-10-20/h2-6,13,21H,7-12H2,1H3,(H,19,22)/b16-14-,18-13?. The van der Waals surface area contributed by atoms with E-state index in [-0.39, 0.29) is 17.2 Å². The van der Waals surface area contributed by atoms with Crippen LogP contribution >= 0.6 is 0 Å². The highest BCUT2D eigenvalue weighted by atomic mass is 16.5. The van der Waals surface area contributed by atoms with Crippen LogP contribution in [0.4, 0.5) is 5.69 Å². The molecular formula is C17H23N3O3. The summed E-state index contributed by atoms with van der Waals surface area (Å²) in [4.78, 5) is 18.7. The van der Waals surface area contributed by atoms with Crippen LogP contribution in [-0.2, 0) is 9.53 Å². The molecule has 6 nitrogen and oxygen atoms in total. The molecule has 0 atom stereocenters. The Morgan fingerprint density at radius 2 is 2.04 bits per heavy atom. The Labute approximate surface area is 136 Å². The van der Waals surface area contributed by atoms with Crippen molar-refractivity contribution in [2.45, 2.75) is 6.92 Å². The number of aliphatic hydroxyl groups excluding tert-OH is 1. The second-order valence-electron chi connectivity index (χ2n) is 5.31. The smallest absolute Gasteiger partial charge is 0.260 e. The number of nitrogens with zero attached hydrogens (tertiary/aromatic N) is 2. The molecule has 23 heavy (non-hydrogen) atoms. The fourth-order valence-electron chi connectivity index (χ4n) is 2.22. The second kappa shape index (κ2) is 9.07. The molecule has 0 saturated carbocycles. The molecule has 1 heterocycles. The molecule has 1 aliphatic rings. The molecule has 0 aromatic heterocycles. The fraction of sp³-hybridized carbons (Fsp3) is 0.412. The molecule has 1 aromatic rings. The lowest BCUT2D eigenvalue weighted by Crippen LogP contribution is -2.37. The summed E-state index contributed by atoms with van der Waals surface area (Å²) in [7, 11) is 0. The molecule has 0 spiro atoms. The van der Waals surface area contributed by atoms with E-state index in [1.807, 2.05) is 18.2 Å². The first-order chi connectivity index (χ1) is 11.2. The van der Waals surface area contributed by atoms with Gasteiger partial charge in [0.05, 0.1) is 25.3 Å². The average molecular weight is 317 g/mol. The minimum absolute atomic E-state index is 0.0476. The maximum atomic E-state index is 12.2. The molecule has 124 valence electrons. The topological polar surface area (TPSA) is 74.2 Å². The monoisotopic (exact) mass is 317 g/mol. The third kappa shape index (κ3) is 5.84. The minimum atomic E-state index is -0.369. The molecule has 0 unspecified atom stereocenters. The second-order valence-corrected chi connectivity index (χ2v) is 5.31. The summed E-state index contributed by atoms with van der Waals surface area (Å²) in [6.45, 7) is 6.20. The van der Waals surface area contributed by atoms with Gasteiger partial charge in [-0.15, -0.1) is 0 Å². The summed E-state index contributed by atoms with van der Waals surface area (Å²) in [6, 6.07) is 9.12. The van der Waals surface area contributed by atoms with Gasteiger partial charge in [-0.1, -0.05) is 18.2 Å². The number of benzene rings is 1. The lowest BCUT2D eigenvalue weighted by Gasteiger charge is -2.25. The predicted molar refractivity (Wildman–Crippen MR) is 91.0 cm³/mol. The van der Waals surface area contributed by atoms with Gasteiger partial charge in [-0.25, -0.2) is 0 Å². The summed E-state index contributed by atoms with van der Waals surface area (Å²) in [5.41, 5.74) is 0.855. The van der Waals surface area contributed by atoms with Gasteiger partial charge in [-0.3, -0.25) is 14.7 Å². The van der Waals surface area contributed by atoms with Gasteiger partial charge in [0.15, 0.2) is 0 Å². The Morgan fingerprint density at radius 3 is 2.70 bits per heavy atom. The molecular weight excluding hydrogens is 294 g/mol. The van der Waals surface area contributed by atoms with E-state index in [9.17, 15) is 9.90 Å². The number of hydrogen-bond acceptors (Lipinski definition) is 5. The summed E-state index contributed by atoms with van der Waals surface area (Å²) >= 11 is 0. The number of amides is 1. The number of carbonyl (C=O) groups excluding carboxylic acids is 1. The number of hydrogen-bond donors (Lipinski definition) is 2. The van der Waals surface area contributed by atoms with E-state index in [1.165, 1.54) is 13.1 Å². The van der Waals surface area contributed by atoms with Crippen LogP contribution in [-0.4, -0.2) is 61.5 Å². The molecule has 1 saturated heterocycles. The van der Waals surface area contributed by atoms with Crippen molar-refractivity contribution < 1.29 is 14.6 Å². The number of rotatable bonds is 6. The number of ether oxygens (including phenoxy) is 1. The molecule has 1 aliphatic heterocycles. The number of anilines is 1. The van der Waals surface area contributed by atoms with Crippen LogP contribution in [0.1, 0.15) is 6.92 Å². The number of allylic oxidation sites excluding steroid dienone is 1. The van der Waals surface area contributed by atoms with Gasteiger partial charge < -0.3 is 15.2 Å². The number of morpholine rings is 1. The molecule has 1 aromatic carbocycles. The van der Waals surface area contributed by atoms with Crippen molar-refractivity contribution in [2.75, 3.05) is 44.7 Å². The quantitative estimate of drug-likeness (QED) is 0.477. The summed E-state index contributed by atoms with van der Waals surface area (Å²) in [5, 5.41) is 12.4. The van der Waals surface area contributed by atoms with Crippen LogP contribution in [0.25, 0.3) is 0 Å². The number of nitrogens with one attached hydrogen (secondary N) is 1. The Hall–Kier alpha value is -2.18. The van der Waals surface area contributed by atoms with E-state index in [4.69, 9.17) is 4.74 Å². The highest BCUT2D eigenvalue weighted by Crippen LogP contribution is 2.08. The maximum absolute atomic E-state index is 12.2. The van der Waals surface area contributed by atoms with Gasteiger partial charge in [0.2, 0.25) is 0 Å². The van der Waals surface area contributed by atoms with Gasteiger partial charge in [0.1, 0.15) is 5.76 Å². The van der Waals surface area contributed by atoms with Crippen molar-refractivity contribution in [3.63, 3.8) is 0 Å². The minimum Gasteiger partial charge on any atom is -0.512 e. The van der Waals surface area contributed by atoms with Crippen LogP contribution in [0.3, 0.4) is 0 Å². The van der Waals surface area contributed by atoms with E-state index < -0.39 is 0 Å². The number of para-hydroxylation sites is 1. The molecule has 2 rings (SSSR count). The molecule has 0 aliphatic carbocycles. The molecule has 1 amide bonds. The van der Waals surface area contributed by atoms with Crippen molar-refractivity contribution >= 4 is 17.8 Å². The Balaban J connectivity index is 1.87. The van der Waals surface area contributed by atoms with Crippen molar-refractivity contribution in [2.24, 2.45) is 4.99 Å². The van der Waals surface area contributed by atoms with Crippen LogP contribution in [0.2, 0.25) is 0 Å². The largest absolute Gasteiger partial charge is 0.512 e. The lowest BCUT2D eigenvalue weighted by molar-refractivity contribution is -0.112. The van der Waals surface area contributed by atoms with Crippen LogP contribution in [0, 0.1) is 0 Å². The highest BCUT2D eigenvalue weighted by molar-refractivity contribution is 6.18. The van der Waals surface area contributed by atoms with Crippen molar-refractivity contribution in [3.05, 3.63) is 41.7 Å². The van der Waals surface area contributed by atoms with Gasteiger partial charge >= 0.3 is 0 Å². The highest BCUT2D eigenvalue weighted by Gasteiger charge is 2.12. The first-order valence-corrected chi connectivity index (χ1v) is 7.73. The van der Waals surface area contributed by atoms with Gasteiger partial charge in [0, 0.05) is 31.5 Å². The van der Waals surface area contributed by atoms with E-state index in [0.717, 1.165) is 32.8 Å². The molecule has 1 fully saturated rings. The first kappa shape index (κ1) is 17.2. The maximum Gasteiger partial charge on any atom is 0.260 e. The summed E-state index contributed by atoms with van der Waals surface area (Å²) in [5.74, 6) is -0.417. The summed E-state index contributed by atoms with van der Waals surface area (Å²) < 4.78 is 5.29. The lowest BCUT2D eigenvalue weighted by atomic mass is 10.2. The third-order valence-corrected chi connectivity index (χ3v) is 3.54. The van der Waals surface area contributed by atoms with Crippen LogP contribution in [0.15, 0.2) is 46.7 Å². The zero-order valence-corrected chi connectivity index (χ0v) is 13.4. The molecule has 2 N–H and O–H groups in total. The normalized spacial score (nSPS) is 17.1. The van der Waals surface area contributed by atoms with Crippen molar-refractivity contribution in [3.8, 4) is 0 Å². The Bertz CT molecular complexity index is 560. The zero-order valence-electron chi connectivity index (χ0n) is 13.4. The SMILES string of the molecule is C/C(O)=C(\C=NCCN1CCOCC1)C(=O)Nc1ccccc1. The first-order valence-electron chi connectivity index (χ1n) is 7.73. The average Bonchev–Trinajstić information content (AvgIpc) is 2.56. The number of aliphatic imine (C=N–C) groups is 1. The zero-order chi connectivity index (χ0) is 16.5. The Morgan fingerprint density at radius 1 is 1.35 bits per heavy atom. The van der Waals surface area contributed by atoms with E-state index in [1.54, 1.807) is 12.1 Å². The number of aliphatic hydroxyl groups is 1. The molecule has 6 heteroatoms. The van der Waals surface area contributed by atoms with Crippen LogP contribution < -0.4 is 5.32 Å². The molecule has 0 radical (unpaired) electrons. The van der Waals surface area contributed by atoms with Crippen molar-refractivity contribution in [1.29, 1.82) is 0 Å². The van der Waals surface area contributed by atoms with E-state index in [2.05, 4.69) is 15.2 Å². The van der Waals surface area contributed by atoms with Gasteiger partial charge in [-0.05, 0) is 19.1 Å². The number of carbonyl (C=O) groups is 1. The van der Waals surface area contributed by atoms with Crippen LogP contribution in [0.5, 0.6) is 0 Å². The third-order valence-electron chi connectivity index (χ3n) is 3.54.